The van der Waals surface area contributed by atoms with Crippen molar-refractivity contribution in [2.45, 2.75) is 20.0 Å². The van der Waals surface area contributed by atoms with Crippen molar-refractivity contribution in [1.29, 1.82) is 0 Å². The Kier molecular flexibility index (Phi) is 10.9. The van der Waals surface area contributed by atoms with Crippen LogP contribution in [0.3, 0.4) is 0 Å². The second-order valence-corrected chi connectivity index (χ2v) is 10.5. The SMILES string of the molecule is CN/C(C)=C(/C(=O)NC/C=C/c1ccc2nc(Nc3ccc(CN(C)C)cc3)ncc2c1)C(=O)NCc1cc(F)c(F)c(F)c1. The predicted molar refractivity (Wildman–Crippen MR) is 169 cm³/mol. The molecule has 45 heavy (non-hydrogen) atoms. The summed E-state index contributed by atoms with van der Waals surface area (Å²) in [6.45, 7) is 2.21. The lowest BCUT2D eigenvalue weighted by Crippen LogP contribution is -2.36. The summed E-state index contributed by atoms with van der Waals surface area (Å²) in [5.41, 5.74) is 3.80. The largest absolute Gasteiger partial charge is 0.391 e. The zero-order valence-corrected chi connectivity index (χ0v) is 25.3. The van der Waals surface area contributed by atoms with E-state index >= 15 is 0 Å². The summed E-state index contributed by atoms with van der Waals surface area (Å²) < 4.78 is 40.2. The number of benzene rings is 3. The molecule has 3 aromatic carbocycles. The fourth-order valence-corrected chi connectivity index (χ4v) is 4.39. The van der Waals surface area contributed by atoms with E-state index in [0.717, 1.165) is 40.8 Å². The minimum atomic E-state index is -1.60. The van der Waals surface area contributed by atoms with E-state index in [4.69, 9.17) is 0 Å². The van der Waals surface area contributed by atoms with Crippen molar-refractivity contribution < 1.29 is 22.8 Å². The van der Waals surface area contributed by atoms with Crippen LogP contribution < -0.4 is 21.3 Å². The molecule has 0 bridgehead atoms. The summed E-state index contributed by atoms with van der Waals surface area (Å²) >= 11 is 0. The smallest absolute Gasteiger partial charge is 0.258 e. The van der Waals surface area contributed by atoms with Gasteiger partial charge in [-0.15, -0.1) is 0 Å². The third-order valence-electron chi connectivity index (χ3n) is 6.70. The zero-order chi connectivity index (χ0) is 32.5. The lowest BCUT2D eigenvalue weighted by Gasteiger charge is -2.13. The Labute approximate surface area is 259 Å². The second-order valence-electron chi connectivity index (χ2n) is 10.5. The summed E-state index contributed by atoms with van der Waals surface area (Å²) in [6, 6.07) is 15.3. The van der Waals surface area contributed by atoms with Gasteiger partial charge in [0.25, 0.3) is 11.8 Å². The third kappa shape index (κ3) is 8.89. The van der Waals surface area contributed by atoms with Crippen LogP contribution in [0.1, 0.15) is 23.6 Å². The monoisotopic (exact) mass is 617 g/mol. The number of allylic oxidation sites excluding steroid dienone is 1. The average Bonchev–Trinajstić information content (AvgIpc) is 3.01. The van der Waals surface area contributed by atoms with Gasteiger partial charge < -0.3 is 26.2 Å². The molecule has 2 amide bonds. The van der Waals surface area contributed by atoms with Gasteiger partial charge in [-0.2, -0.15) is 0 Å². The molecule has 9 nitrogen and oxygen atoms in total. The Hall–Kier alpha value is -5.23. The van der Waals surface area contributed by atoms with E-state index in [-0.39, 0.29) is 29.9 Å². The minimum Gasteiger partial charge on any atom is -0.391 e. The van der Waals surface area contributed by atoms with Crippen molar-refractivity contribution >= 4 is 40.4 Å². The van der Waals surface area contributed by atoms with Gasteiger partial charge in [-0.1, -0.05) is 30.4 Å². The van der Waals surface area contributed by atoms with Crippen LogP contribution in [0.2, 0.25) is 0 Å². The van der Waals surface area contributed by atoms with E-state index in [1.165, 1.54) is 5.56 Å². The lowest BCUT2D eigenvalue weighted by molar-refractivity contribution is -0.123. The number of halogens is 3. The van der Waals surface area contributed by atoms with Crippen LogP contribution in [0.5, 0.6) is 0 Å². The van der Waals surface area contributed by atoms with Crippen molar-refractivity contribution in [2.75, 3.05) is 33.0 Å². The number of rotatable bonds is 12. The second kappa shape index (κ2) is 15.0. The number of carbonyl (C=O) groups excluding carboxylic acids is 2. The Balaban J connectivity index is 1.33. The van der Waals surface area contributed by atoms with Gasteiger partial charge in [0.2, 0.25) is 5.95 Å². The molecule has 0 saturated carbocycles. The maximum Gasteiger partial charge on any atom is 0.258 e. The number of amides is 2. The van der Waals surface area contributed by atoms with Gasteiger partial charge in [0.1, 0.15) is 5.57 Å². The number of fused-ring (bicyclic) bond motifs is 1. The number of anilines is 2. The normalized spacial score (nSPS) is 11.9. The van der Waals surface area contributed by atoms with Gasteiger partial charge in [0, 0.05) is 49.6 Å². The Morgan fingerprint density at radius 3 is 2.27 bits per heavy atom. The van der Waals surface area contributed by atoms with E-state index in [9.17, 15) is 22.8 Å². The molecule has 4 rings (SSSR count). The van der Waals surface area contributed by atoms with E-state index in [1.807, 2.05) is 50.5 Å². The molecule has 1 aromatic heterocycles. The summed E-state index contributed by atoms with van der Waals surface area (Å²) in [6.07, 6.45) is 5.27. The highest BCUT2D eigenvalue weighted by Crippen LogP contribution is 2.19. The number of carbonyl (C=O) groups is 2. The first-order chi connectivity index (χ1) is 21.5. The molecule has 0 unspecified atom stereocenters. The number of nitrogens with zero attached hydrogens (tertiary/aromatic N) is 3. The first kappa shape index (κ1) is 32.7. The maximum absolute atomic E-state index is 13.5. The molecule has 0 saturated heterocycles. The Morgan fingerprint density at radius 2 is 1.60 bits per heavy atom. The first-order valence-corrected chi connectivity index (χ1v) is 14.1. The molecule has 4 aromatic rings. The molecule has 234 valence electrons. The Morgan fingerprint density at radius 1 is 0.911 bits per heavy atom. The van der Waals surface area contributed by atoms with E-state index in [0.29, 0.717) is 5.95 Å². The van der Waals surface area contributed by atoms with Gasteiger partial charge in [0.15, 0.2) is 17.5 Å². The van der Waals surface area contributed by atoms with Crippen LogP contribution in [0, 0.1) is 17.5 Å². The molecule has 12 heteroatoms. The van der Waals surface area contributed by atoms with E-state index < -0.39 is 29.3 Å². The van der Waals surface area contributed by atoms with Crippen molar-refractivity contribution in [1.82, 2.24) is 30.8 Å². The van der Waals surface area contributed by atoms with Crippen molar-refractivity contribution in [3.63, 3.8) is 0 Å². The molecule has 0 atom stereocenters. The van der Waals surface area contributed by atoms with Crippen LogP contribution in [0.15, 0.2) is 78.1 Å². The molecule has 0 aliphatic rings. The molecular formula is C33H34F3N7O2. The standard InChI is InChI=1S/C33H34F3N7O2/c1-20(37-2)29(32(45)39-17-23-15-26(34)30(36)27(35)16-23)31(44)38-13-5-6-21-9-12-28-24(14-21)18-40-33(42-28)41-25-10-7-22(8-11-25)19-43(3)4/h5-12,14-16,18,37H,13,17,19H2,1-4H3,(H,38,44)(H,39,45)(H,40,41,42)/b6-5+,29-20-. The van der Waals surface area contributed by atoms with Crippen molar-refractivity contribution in [3.05, 3.63) is 112 Å². The average molecular weight is 618 g/mol. The number of nitrogens with one attached hydrogen (secondary N) is 4. The fourth-order valence-electron chi connectivity index (χ4n) is 4.39. The number of aromatic nitrogens is 2. The zero-order valence-electron chi connectivity index (χ0n) is 25.3. The highest BCUT2D eigenvalue weighted by atomic mass is 19.2. The topological polar surface area (TPSA) is 111 Å². The van der Waals surface area contributed by atoms with Gasteiger partial charge in [-0.05, 0) is 74.1 Å². The molecule has 0 aliphatic carbocycles. The number of hydrogen-bond acceptors (Lipinski definition) is 7. The van der Waals surface area contributed by atoms with Crippen LogP contribution >= 0.6 is 0 Å². The molecule has 4 N–H and O–H groups in total. The quantitative estimate of drug-likeness (QED) is 0.0783. The lowest BCUT2D eigenvalue weighted by atomic mass is 10.1. The highest BCUT2D eigenvalue weighted by Gasteiger charge is 2.21. The van der Waals surface area contributed by atoms with Gasteiger partial charge in [-0.3, -0.25) is 9.59 Å². The fraction of sp³-hybridized carbons (Fsp3) is 0.212. The van der Waals surface area contributed by atoms with Crippen LogP contribution in [-0.4, -0.2) is 54.4 Å². The van der Waals surface area contributed by atoms with E-state index in [1.54, 1.807) is 26.2 Å². The molecule has 0 fully saturated rings. The van der Waals surface area contributed by atoms with Crippen LogP contribution in [0.4, 0.5) is 24.8 Å². The molecular weight excluding hydrogens is 583 g/mol. The van der Waals surface area contributed by atoms with Crippen LogP contribution in [0.25, 0.3) is 17.0 Å². The summed E-state index contributed by atoms with van der Waals surface area (Å²) in [7, 11) is 5.60. The molecule has 0 aliphatic heterocycles. The van der Waals surface area contributed by atoms with Crippen molar-refractivity contribution in [3.8, 4) is 0 Å². The van der Waals surface area contributed by atoms with Gasteiger partial charge >= 0.3 is 0 Å². The number of hydrogen-bond donors (Lipinski definition) is 4. The molecule has 1 heterocycles. The molecule has 0 radical (unpaired) electrons. The third-order valence-corrected chi connectivity index (χ3v) is 6.70. The van der Waals surface area contributed by atoms with Gasteiger partial charge in [0.05, 0.1) is 5.52 Å². The van der Waals surface area contributed by atoms with E-state index in [2.05, 4.69) is 48.3 Å². The predicted octanol–water partition coefficient (Wildman–Crippen LogP) is 4.79. The summed E-state index contributed by atoms with van der Waals surface area (Å²) in [5, 5.41) is 11.9. The van der Waals surface area contributed by atoms with Crippen LogP contribution in [-0.2, 0) is 22.7 Å². The Bertz CT molecular complexity index is 1730. The highest BCUT2D eigenvalue weighted by molar-refractivity contribution is 6.19. The van der Waals surface area contributed by atoms with Gasteiger partial charge in [-0.25, -0.2) is 23.1 Å². The first-order valence-electron chi connectivity index (χ1n) is 14.1. The molecule has 0 spiro atoms. The van der Waals surface area contributed by atoms with Crippen molar-refractivity contribution in [2.24, 2.45) is 0 Å². The minimum absolute atomic E-state index is 0.00303. The maximum atomic E-state index is 13.5. The summed E-state index contributed by atoms with van der Waals surface area (Å²) in [4.78, 5) is 36.8. The summed E-state index contributed by atoms with van der Waals surface area (Å²) in [5.74, 6) is -5.28.